The number of aliphatic hydroxyl groups is 1. The first-order valence-electron chi connectivity index (χ1n) is 8.03. The second-order valence-corrected chi connectivity index (χ2v) is 12.1. The van der Waals surface area contributed by atoms with Gasteiger partial charge in [0, 0.05) is 6.20 Å². The fourth-order valence-electron chi connectivity index (χ4n) is 2.99. The van der Waals surface area contributed by atoms with Crippen LogP contribution in [-0.4, -0.2) is 47.1 Å². The van der Waals surface area contributed by atoms with Crippen LogP contribution < -0.4 is 11.2 Å². The molecule has 4 atom stereocenters. The summed E-state index contributed by atoms with van der Waals surface area (Å²) < 4.78 is 12.8. The van der Waals surface area contributed by atoms with Gasteiger partial charge in [-0.2, -0.15) is 0 Å². The molecular weight excluding hydrogens is 328 g/mol. The van der Waals surface area contributed by atoms with E-state index in [0.29, 0.717) is 13.0 Å². The van der Waals surface area contributed by atoms with Crippen LogP contribution in [0.4, 0.5) is 0 Å². The topological polar surface area (TPSA) is 93.6 Å². The van der Waals surface area contributed by atoms with Crippen LogP contribution in [0, 0.1) is 11.5 Å². The number of hydrogen-bond acceptors (Lipinski definition) is 5. The van der Waals surface area contributed by atoms with Gasteiger partial charge < -0.3 is 14.6 Å². The van der Waals surface area contributed by atoms with Crippen LogP contribution >= 0.6 is 0 Å². The third-order valence-electron chi connectivity index (χ3n) is 4.42. The molecule has 0 amide bonds. The lowest BCUT2D eigenvalue weighted by atomic mass is 9.96. The summed E-state index contributed by atoms with van der Waals surface area (Å²) in [5, 5.41) is 10.4. The van der Waals surface area contributed by atoms with Crippen molar-refractivity contribution in [3.8, 4) is 11.5 Å². The smallest absolute Gasteiger partial charge is 0.330 e. The van der Waals surface area contributed by atoms with Crippen molar-refractivity contribution in [1.29, 1.82) is 0 Å². The summed E-state index contributed by atoms with van der Waals surface area (Å²) in [4.78, 5) is 26.5. The third kappa shape index (κ3) is 2.78. The molecule has 0 radical (unpaired) electrons. The second-order valence-electron chi connectivity index (χ2n) is 7.36. The second kappa shape index (κ2) is 5.70. The Morgan fingerprint density at radius 1 is 1.46 bits per heavy atom. The quantitative estimate of drug-likeness (QED) is 0.587. The van der Waals surface area contributed by atoms with Gasteiger partial charge in [-0.3, -0.25) is 14.3 Å². The fraction of sp³-hybridized carbons (Fsp3) is 0.625. The van der Waals surface area contributed by atoms with Gasteiger partial charge in [0.25, 0.3) is 5.56 Å². The number of ether oxygens (including phenoxy) is 2. The predicted molar refractivity (Wildman–Crippen MR) is 90.4 cm³/mol. The van der Waals surface area contributed by atoms with Crippen molar-refractivity contribution < 1.29 is 14.6 Å². The maximum atomic E-state index is 12.2. The normalized spacial score (nSPS) is 31.8. The summed E-state index contributed by atoms with van der Waals surface area (Å²) >= 11 is 0. The highest BCUT2D eigenvalue weighted by Gasteiger charge is 2.60. The van der Waals surface area contributed by atoms with Crippen molar-refractivity contribution in [1.82, 2.24) is 9.55 Å². The summed E-state index contributed by atoms with van der Waals surface area (Å²) in [5.74, 6) is 2.87. The van der Waals surface area contributed by atoms with Crippen molar-refractivity contribution >= 4 is 8.07 Å². The van der Waals surface area contributed by atoms with E-state index >= 15 is 0 Å². The third-order valence-corrected chi connectivity index (χ3v) is 5.29. The molecule has 130 valence electrons. The highest BCUT2D eigenvalue weighted by Crippen LogP contribution is 2.46. The molecule has 2 aliphatic heterocycles. The van der Waals surface area contributed by atoms with Gasteiger partial charge in [-0.15, -0.1) is 5.54 Å². The van der Waals surface area contributed by atoms with E-state index in [1.807, 2.05) is 6.92 Å². The first-order chi connectivity index (χ1) is 11.2. The number of aliphatic hydroxyl groups excluding tert-OH is 1. The van der Waals surface area contributed by atoms with Crippen LogP contribution in [-0.2, 0) is 9.47 Å². The van der Waals surface area contributed by atoms with Crippen LogP contribution in [0.15, 0.2) is 15.8 Å². The van der Waals surface area contributed by atoms with Gasteiger partial charge in [-0.05, 0) is 6.42 Å². The molecule has 0 spiro atoms. The molecule has 1 aromatic heterocycles. The number of nitrogens with zero attached hydrogens (tertiary/aromatic N) is 1. The van der Waals surface area contributed by atoms with Gasteiger partial charge in [-0.25, -0.2) is 4.79 Å². The Bertz CT molecular complexity index is 828. The van der Waals surface area contributed by atoms with Gasteiger partial charge in [0.2, 0.25) is 0 Å². The molecule has 24 heavy (non-hydrogen) atoms. The van der Waals surface area contributed by atoms with Crippen LogP contribution in [0.5, 0.6) is 0 Å². The highest BCUT2D eigenvalue weighted by atomic mass is 28.3. The average molecular weight is 350 g/mol. The Hall–Kier alpha value is -1.66. The molecule has 2 N–H and O–H groups in total. The monoisotopic (exact) mass is 350 g/mol. The molecule has 3 heterocycles. The minimum atomic E-state index is -1.66. The largest absolute Gasteiger partial charge is 0.387 e. The minimum absolute atomic E-state index is 0.212. The zero-order valence-electron chi connectivity index (χ0n) is 14.3. The lowest BCUT2D eigenvalue weighted by Crippen LogP contribution is -2.41. The SMILES string of the molecule is CC[C@@]12COC([C@H](n3cc(C#C[Si](C)(C)C)c(=O)[nH]c3=O)O1)[C@H]2O. The Kier molecular flexibility index (Phi) is 4.08. The van der Waals surface area contributed by atoms with Crippen molar-refractivity contribution in [3.63, 3.8) is 0 Å². The zero-order chi connectivity index (χ0) is 17.7. The number of H-pyrrole nitrogens is 1. The Labute approximate surface area is 140 Å². The zero-order valence-corrected chi connectivity index (χ0v) is 15.3. The number of hydrogen-bond donors (Lipinski definition) is 2. The number of rotatable bonds is 2. The van der Waals surface area contributed by atoms with E-state index in [1.165, 1.54) is 10.8 Å². The van der Waals surface area contributed by atoms with E-state index in [4.69, 9.17) is 9.47 Å². The van der Waals surface area contributed by atoms with E-state index < -0.39 is 43.4 Å². The molecule has 0 aliphatic carbocycles. The van der Waals surface area contributed by atoms with Gasteiger partial charge in [0.1, 0.15) is 31.4 Å². The van der Waals surface area contributed by atoms with Crippen LogP contribution in [0.1, 0.15) is 25.1 Å². The molecule has 8 heteroatoms. The van der Waals surface area contributed by atoms with Crippen LogP contribution in [0.3, 0.4) is 0 Å². The minimum Gasteiger partial charge on any atom is -0.387 e. The number of aromatic nitrogens is 2. The summed E-state index contributed by atoms with van der Waals surface area (Å²) in [7, 11) is -1.66. The van der Waals surface area contributed by atoms with Gasteiger partial charge in [0.15, 0.2) is 6.23 Å². The number of aromatic amines is 1. The Balaban J connectivity index is 2.02. The van der Waals surface area contributed by atoms with E-state index in [9.17, 15) is 14.7 Å². The van der Waals surface area contributed by atoms with Crippen LogP contribution in [0.25, 0.3) is 0 Å². The van der Waals surface area contributed by atoms with Crippen LogP contribution in [0.2, 0.25) is 19.6 Å². The highest BCUT2D eigenvalue weighted by molar-refractivity contribution is 6.83. The fourth-order valence-corrected chi connectivity index (χ4v) is 3.50. The molecule has 2 aliphatic rings. The van der Waals surface area contributed by atoms with Crippen molar-refractivity contribution in [2.45, 2.75) is 57.0 Å². The maximum Gasteiger partial charge on any atom is 0.330 e. The molecule has 2 saturated heterocycles. The van der Waals surface area contributed by atoms with Gasteiger partial charge >= 0.3 is 5.69 Å². The molecule has 0 aromatic carbocycles. The Morgan fingerprint density at radius 3 is 2.75 bits per heavy atom. The molecule has 3 rings (SSSR count). The van der Waals surface area contributed by atoms with Crippen molar-refractivity contribution in [2.75, 3.05) is 6.61 Å². The summed E-state index contributed by atoms with van der Waals surface area (Å²) in [6.07, 6.45) is -0.236. The van der Waals surface area contributed by atoms with E-state index in [0.717, 1.165) is 0 Å². The van der Waals surface area contributed by atoms with Crippen molar-refractivity contribution in [3.05, 3.63) is 32.6 Å². The lowest BCUT2D eigenvalue weighted by molar-refractivity contribution is -0.175. The summed E-state index contributed by atoms with van der Waals surface area (Å²) in [5.41, 5.74) is 1.41. The molecule has 1 aromatic rings. The molecule has 2 bridgehead atoms. The number of fused-ring (bicyclic) bond motifs is 2. The van der Waals surface area contributed by atoms with E-state index in [2.05, 4.69) is 36.1 Å². The van der Waals surface area contributed by atoms with E-state index in [1.54, 1.807) is 0 Å². The maximum absolute atomic E-state index is 12.2. The molecule has 0 saturated carbocycles. The first kappa shape index (κ1) is 17.2. The first-order valence-corrected chi connectivity index (χ1v) is 11.5. The van der Waals surface area contributed by atoms with E-state index in [-0.39, 0.29) is 5.56 Å². The molecular formula is C16H22N2O5Si. The summed E-state index contributed by atoms with van der Waals surface area (Å²) in [6.45, 7) is 8.40. The molecule has 7 nitrogen and oxygen atoms in total. The summed E-state index contributed by atoms with van der Waals surface area (Å²) in [6, 6.07) is 0. The lowest BCUT2D eigenvalue weighted by Gasteiger charge is -2.30. The Morgan fingerprint density at radius 2 is 2.17 bits per heavy atom. The van der Waals surface area contributed by atoms with Crippen molar-refractivity contribution in [2.24, 2.45) is 0 Å². The van der Waals surface area contributed by atoms with Gasteiger partial charge in [0.05, 0.1) is 6.61 Å². The molecule has 2 fully saturated rings. The molecule has 1 unspecified atom stereocenters. The predicted octanol–water partition coefficient (Wildman–Crippen LogP) is 0.203. The van der Waals surface area contributed by atoms with Gasteiger partial charge in [-0.1, -0.05) is 32.5 Å². The number of nitrogens with one attached hydrogen (secondary N) is 1. The standard InChI is InChI=1S/C16H22N2O5Si/c1-5-16-9-22-11(12(16)19)14(23-16)18-8-10(6-7-24(2,3)4)13(20)17-15(18)21/h8,11-12,14,19H,5,9H2,1-4H3,(H,17,20,21)/t11?,12-,14-,16+/m1/s1. The average Bonchev–Trinajstić information content (AvgIpc) is 2.96.